The lowest BCUT2D eigenvalue weighted by molar-refractivity contribution is 0.0118. The average molecular weight is 1330 g/mol. The quantitative estimate of drug-likeness (QED) is 0.0960. The van der Waals surface area contributed by atoms with E-state index in [0.29, 0.717) is 22.9 Å². The van der Waals surface area contributed by atoms with Crippen molar-refractivity contribution in [3.8, 4) is 11.8 Å². The molecule has 19 nitrogen and oxygen atoms in total. The van der Waals surface area contributed by atoms with Crippen molar-refractivity contribution in [2.45, 2.75) is 276 Å². The Morgan fingerprint density at radius 3 is 1.15 bits per heavy atom. The van der Waals surface area contributed by atoms with E-state index in [1.165, 1.54) is 57.0 Å². The number of halogens is 1. The van der Waals surface area contributed by atoms with Crippen LogP contribution in [0.1, 0.15) is 234 Å². The summed E-state index contributed by atoms with van der Waals surface area (Å²) in [6, 6.07) is 0.563. The van der Waals surface area contributed by atoms with Gasteiger partial charge in [0.25, 0.3) is 0 Å². The molecule has 500 valence electrons. The molecular formula is C68H98ClN9O10S3. The Balaban J connectivity index is 0.000000150. The Labute approximate surface area is 554 Å². The summed E-state index contributed by atoms with van der Waals surface area (Å²) in [5, 5.41) is 23.1. The summed E-state index contributed by atoms with van der Waals surface area (Å²) >= 11 is 11.4. The van der Waals surface area contributed by atoms with Crippen LogP contribution in [0.5, 0.6) is 11.8 Å². The molecule has 2 N–H and O–H groups in total. The van der Waals surface area contributed by atoms with Gasteiger partial charge in [-0.3, -0.25) is 0 Å². The van der Waals surface area contributed by atoms with E-state index in [4.69, 9.17) is 35.3 Å². The number of nitrogens with zero attached hydrogens (tertiary/aromatic N) is 9. The maximum absolute atomic E-state index is 12.4. The van der Waals surface area contributed by atoms with Crippen molar-refractivity contribution in [1.29, 1.82) is 0 Å². The van der Waals surface area contributed by atoms with Gasteiger partial charge >= 0.3 is 18.3 Å². The largest absolute Gasteiger partial charge is 0.474 e. The van der Waals surface area contributed by atoms with Crippen molar-refractivity contribution < 1.29 is 48.3 Å². The van der Waals surface area contributed by atoms with E-state index in [-0.39, 0.29) is 67.2 Å². The third-order valence-electron chi connectivity index (χ3n) is 18.5. The molecule has 3 amide bonds. The predicted molar refractivity (Wildman–Crippen MR) is 362 cm³/mol. The predicted octanol–water partition coefficient (Wildman–Crippen LogP) is 15.9. The van der Waals surface area contributed by atoms with Crippen LogP contribution in [0, 0.1) is 0 Å². The Kier molecular flexibility index (Phi) is 23.1. The van der Waals surface area contributed by atoms with Gasteiger partial charge in [0, 0.05) is 59.8 Å². The molecule has 0 aromatic carbocycles. The molecule has 91 heavy (non-hydrogen) atoms. The fraction of sp³-hybridized carbons (Fsp3) is 0.691. The summed E-state index contributed by atoms with van der Waals surface area (Å²) in [5.41, 5.74) is 2.65. The van der Waals surface area contributed by atoms with Crippen LogP contribution in [0.25, 0.3) is 30.6 Å². The molecule has 3 fully saturated rings. The van der Waals surface area contributed by atoms with E-state index < -0.39 is 16.8 Å². The molecule has 0 aliphatic heterocycles. The fourth-order valence-corrected chi connectivity index (χ4v) is 17.6. The van der Waals surface area contributed by atoms with Gasteiger partial charge < -0.3 is 48.6 Å². The number of ether oxygens (including phenoxy) is 5. The third-order valence-corrected chi connectivity index (χ3v) is 22.3. The number of fused-ring (bicyclic) bond motifs is 9. The molecule has 0 spiro atoms. The van der Waals surface area contributed by atoms with Crippen molar-refractivity contribution in [1.82, 2.24) is 44.6 Å². The highest BCUT2D eigenvalue weighted by atomic mass is 35.5. The standard InChI is InChI=1S/C23H33N3O3S.C22H31N3O4S.C12H23NO3.C11H11ClN2S/c1-6-14-7-12-17-18(14)19-20(24-13-25-21(19)30-17)28-16-10-8-15(9-11-16)26(5)22(27)29-23(2,3)4;1-22(2,3)29-21(27)25(4)14-6-8-15(9-7-14)28-19-18-17-13(11-26)5-10-16(17)30-20(18)24-12-23-19;1-12(2,3)16-11(15)13(4)9-5-7-10(14)8-6-9;1-2-6-3-4-7-8(6)9-10(12)13-5-14-11(9)15-7/h13-16H,6-12H2,1-5H3;12-15,26H,5-11H2,1-4H3;9-10,14H,5-8H2,1-4H3;5-6H,2-4H2,1H3/t14-,15?,16?;13-,14?,15?;;6-/m01.0/s1. The van der Waals surface area contributed by atoms with Crippen molar-refractivity contribution in [2.24, 2.45) is 0 Å². The molecule has 6 aliphatic rings. The number of thiophene rings is 3. The van der Waals surface area contributed by atoms with Gasteiger partial charge in [0.05, 0.1) is 28.9 Å². The van der Waals surface area contributed by atoms with Gasteiger partial charge in [-0.15, -0.1) is 34.0 Å². The summed E-state index contributed by atoms with van der Waals surface area (Å²) in [6.07, 6.45) is 23.5. The van der Waals surface area contributed by atoms with Crippen molar-refractivity contribution in [3.05, 3.63) is 55.5 Å². The van der Waals surface area contributed by atoms with Crippen LogP contribution in [0.3, 0.4) is 0 Å². The fourth-order valence-electron chi connectivity index (χ4n) is 13.6. The number of rotatable bonds is 10. The second-order valence-corrected chi connectivity index (χ2v) is 32.0. The summed E-state index contributed by atoms with van der Waals surface area (Å²) in [7, 11) is 5.43. The topological polar surface area (TPSA) is 225 Å². The molecule has 0 radical (unpaired) electrons. The second kappa shape index (κ2) is 30.0. The first-order valence-corrected chi connectivity index (χ1v) is 35.9. The van der Waals surface area contributed by atoms with E-state index in [9.17, 15) is 24.6 Å². The van der Waals surface area contributed by atoms with Crippen LogP contribution in [-0.4, -0.2) is 154 Å². The first kappa shape index (κ1) is 70.1. The van der Waals surface area contributed by atoms with Crippen LogP contribution < -0.4 is 9.47 Å². The molecule has 6 aromatic heterocycles. The molecule has 6 heterocycles. The van der Waals surface area contributed by atoms with Crippen LogP contribution in [-0.2, 0) is 33.5 Å². The molecule has 3 saturated carbocycles. The SMILES string of the molecule is CC[C@H]1CCc2sc3ncnc(Cl)c3c21.CC[C@H]1CCc2sc3ncnc(OC4CCC(N(C)C(=O)OC(C)(C)C)CC4)c3c21.CN(C(=O)OC(C)(C)C)C1CCC(O)CC1.CN(C(=O)OC(C)(C)C)C1CCC(Oc2ncnc3sc4c(c23)[C@@H](CO)CC4)CC1. The lowest BCUT2D eigenvalue weighted by Crippen LogP contribution is -2.43. The Hall–Kier alpha value is -5.26. The van der Waals surface area contributed by atoms with Gasteiger partial charge in [-0.2, -0.15) is 0 Å². The minimum Gasteiger partial charge on any atom is -0.474 e. The van der Waals surface area contributed by atoms with Gasteiger partial charge in [-0.25, -0.2) is 44.3 Å². The highest BCUT2D eigenvalue weighted by Gasteiger charge is 2.37. The van der Waals surface area contributed by atoms with Gasteiger partial charge in [-0.1, -0.05) is 25.4 Å². The summed E-state index contributed by atoms with van der Waals surface area (Å²) in [6.45, 7) is 21.6. The Morgan fingerprint density at radius 1 is 0.484 bits per heavy atom. The summed E-state index contributed by atoms with van der Waals surface area (Å²) in [4.78, 5) is 75.3. The monoisotopic (exact) mass is 1330 g/mol. The summed E-state index contributed by atoms with van der Waals surface area (Å²) in [5.74, 6) is 2.81. The van der Waals surface area contributed by atoms with E-state index >= 15 is 0 Å². The van der Waals surface area contributed by atoms with Crippen molar-refractivity contribution >= 4 is 94.5 Å². The van der Waals surface area contributed by atoms with Crippen molar-refractivity contribution in [2.75, 3.05) is 27.7 Å². The van der Waals surface area contributed by atoms with Gasteiger partial charge in [0.1, 0.15) is 67.6 Å². The number of amides is 3. The molecule has 23 heteroatoms. The smallest absolute Gasteiger partial charge is 0.410 e. The number of carbonyl (C=O) groups excluding carboxylic acids is 3. The molecule has 0 unspecified atom stereocenters. The number of hydrogen-bond acceptors (Lipinski definition) is 19. The lowest BCUT2D eigenvalue weighted by atomic mass is 9.92. The van der Waals surface area contributed by atoms with E-state index in [1.54, 1.807) is 74.7 Å². The average Bonchev–Trinajstić information content (AvgIpc) is 1.65. The Bertz CT molecular complexity index is 3290. The van der Waals surface area contributed by atoms with Crippen LogP contribution in [0.4, 0.5) is 14.4 Å². The van der Waals surface area contributed by atoms with Crippen LogP contribution >= 0.6 is 45.6 Å². The Morgan fingerprint density at radius 2 is 0.802 bits per heavy atom. The first-order valence-electron chi connectivity index (χ1n) is 33.1. The lowest BCUT2D eigenvalue weighted by Gasteiger charge is -2.35. The minimum atomic E-state index is -0.489. The molecule has 12 rings (SSSR count). The zero-order valence-corrected chi connectivity index (χ0v) is 59.3. The molecule has 0 bridgehead atoms. The molecule has 6 aliphatic carbocycles. The number of aliphatic hydroxyl groups is 2. The van der Waals surface area contributed by atoms with Gasteiger partial charge in [-0.05, 0) is 219 Å². The zero-order chi connectivity index (χ0) is 65.7. The molecule has 3 atom stereocenters. The number of carbonyl (C=O) groups is 3. The van der Waals surface area contributed by atoms with E-state index in [0.717, 1.165) is 139 Å². The van der Waals surface area contributed by atoms with Crippen molar-refractivity contribution in [3.63, 3.8) is 0 Å². The maximum atomic E-state index is 12.4. The molecule has 0 saturated heterocycles. The normalized spacial score (nSPS) is 23.7. The van der Waals surface area contributed by atoms with Crippen LogP contribution in [0.15, 0.2) is 19.0 Å². The number of aryl methyl sites for hydroxylation is 3. The minimum absolute atomic E-state index is 0.0657. The van der Waals surface area contributed by atoms with Crippen LogP contribution in [0.2, 0.25) is 5.15 Å². The summed E-state index contributed by atoms with van der Waals surface area (Å²) < 4.78 is 29.1. The zero-order valence-electron chi connectivity index (χ0n) is 56.1. The van der Waals surface area contributed by atoms with E-state index in [1.807, 2.05) is 76.4 Å². The highest BCUT2D eigenvalue weighted by Crippen LogP contribution is 2.49. The molecule has 6 aromatic rings. The van der Waals surface area contributed by atoms with Gasteiger partial charge in [0.2, 0.25) is 11.8 Å². The highest BCUT2D eigenvalue weighted by molar-refractivity contribution is 7.19. The number of aromatic nitrogens is 6. The number of aliphatic hydroxyl groups excluding tert-OH is 2. The number of hydrogen-bond donors (Lipinski definition) is 2. The van der Waals surface area contributed by atoms with Gasteiger partial charge in [0.15, 0.2) is 0 Å². The second-order valence-electron chi connectivity index (χ2n) is 28.4. The van der Waals surface area contributed by atoms with E-state index in [2.05, 4.69) is 43.8 Å². The molecular weight excluding hydrogens is 1230 g/mol. The maximum Gasteiger partial charge on any atom is 0.410 e. The third kappa shape index (κ3) is 17.4. The first-order chi connectivity index (χ1) is 43.1.